The van der Waals surface area contributed by atoms with Crippen molar-refractivity contribution in [2.45, 2.75) is 36.1 Å². The molecule has 10 heteroatoms. The number of piperazine rings is 1. The smallest absolute Gasteiger partial charge is 0.347 e. The minimum atomic E-state index is -4.44. The number of piperidine rings is 1. The van der Waals surface area contributed by atoms with Crippen molar-refractivity contribution in [3.63, 3.8) is 0 Å². The standard InChI is InChI=1S/C18H19F3N4O2S/c1-28(26,27)15-3-2-6-22-17(15)25-13-7-14(25)11-24(10-13)9-12-4-5-16(23-8-12)18(19,20)21/h2-6,8,13-14H,7,9-11H2,1H3. The minimum absolute atomic E-state index is 0.136. The first-order chi connectivity index (χ1) is 13.1. The van der Waals surface area contributed by atoms with Crippen molar-refractivity contribution in [2.24, 2.45) is 0 Å². The number of rotatable bonds is 4. The van der Waals surface area contributed by atoms with Crippen molar-refractivity contribution in [1.82, 2.24) is 14.9 Å². The maximum Gasteiger partial charge on any atom is 0.433 e. The molecule has 0 saturated carbocycles. The molecule has 0 amide bonds. The highest BCUT2D eigenvalue weighted by Crippen LogP contribution is 2.39. The number of sulfone groups is 1. The van der Waals surface area contributed by atoms with Crippen LogP contribution in [0.3, 0.4) is 0 Å². The first-order valence-corrected chi connectivity index (χ1v) is 10.7. The van der Waals surface area contributed by atoms with Gasteiger partial charge in [-0.1, -0.05) is 6.07 Å². The predicted octanol–water partition coefficient (Wildman–Crippen LogP) is 2.36. The SMILES string of the molecule is CS(=O)(=O)c1cccnc1N1C2CC1CN(Cc1ccc(C(F)(F)F)nc1)C2. The molecule has 2 aromatic heterocycles. The number of nitrogens with zero attached hydrogens (tertiary/aromatic N) is 4. The summed E-state index contributed by atoms with van der Waals surface area (Å²) in [4.78, 5) is 12.2. The number of fused-ring (bicyclic) bond motifs is 2. The Morgan fingerprint density at radius 2 is 1.86 bits per heavy atom. The van der Waals surface area contributed by atoms with Gasteiger partial charge in [0.1, 0.15) is 16.4 Å². The molecule has 3 aliphatic rings. The molecule has 3 saturated heterocycles. The Balaban J connectivity index is 1.46. The highest BCUT2D eigenvalue weighted by Gasteiger charge is 2.46. The number of hydrogen-bond acceptors (Lipinski definition) is 6. The van der Waals surface area contributed by atoms with Gasteiger partial charge in [-0.2, -0.15) is 13.2 Å². The number of pyridine rings is 2. The van der Waals surface area contributed by atoms with E-state index in [0.717, 1.165) is 18.1 Å². The molecule has 0 N–H and O–H groups in total. The van der Waals surface area contributed by atoms with Crippen molar-refractivity contribution in [2.75, 3.05) is 24.2 Å². The van der Waals surface area contributed by atoms with Crippen molar-refractivity contribution in [1.29, 1.82) is 0 Å². The van der Waals surface area contributed by atoms with Crippen LogP contribution in [0.15, 0.2) is 41.6 Å². The highest BCUT2D eigenvalue weighted by molar-refractivity contribution is 7.90. The summed E-state index contributed by atoms with van der Waals surface area (Å²) in [6.07, 6.45) is 0.533. The van der Waals surface area contributed by atoms with E-state index >= 15 is 0 Å². The second-order valence-electron chi connectivity index (χ2n) is 7.29. The molecule has 0 aliphatic carbocycles. The van der Waals surface area contributed by atoms with Crippen LogP contribution in [0.25, 0.3) is 0 Å². The lowest BCUT2D eigenvalue weighted by molar-refractivity contribution is -0.141. The van der Waals surface area contributed by atoms with E-state index in [1.54, 1.807) is 18.3 Å². The number of hydrogen-bond donors (Lipinski definition) is 0. The number of alkyl halides is 3. The van der Waals surface area contributed by atoms with Gasteiger partial charge < -0.3 is 4.90 Å². The zero-order chi connectivity index (χ0) is 20.1. The molecular weight excluding hydrogens is 393 g/mol. The van der Waals surface area contributed by atoms with E-state index in [-0.39, 0.29) is 17.0 Å². The molecule has 2 aromatic rings. The molecule has 150 valence electrons. The fraction of sp³-hybridized carbons (Fsp3) is 0.444. The Kier molecular flexibility index (Phi) is 4.58. The Morgan fingerprint density at radius 1 is 1.14 bits per heavy atom. The summed E-state index contributed by atoms with van der Waals surface area (Å²) in [5.74, 6) is 0.488. The quantitative estimate of drug-likeness (QED) is 0.768. The maximum atomic E-state index is 12.6. The van der Waals surface area contributed by atoms with Crippen molar-refractivity contribution >= 4 is 15.7 Å². The second-order valence-corrected chi connectivity index (χ2v) is 9.28. The lowest BCUT2D eigenvalue weighted by Gasteiger charge is -2.57. The third kappa shape index (κ3) is 3.58. The van der Waals surface area contributed by atoms with E-state index < -0.39 is 21.7 Å². The van der Waals surface area contributed by atoms with Gasteiger partial charge in [-0.3, -0.25) is 9.88 Å². The van der Waals surface area contributed by atoms with Crippen LogP contribution in [0.5, 0.6) is 0 Å². The summed E-state index contributed by atoms with van der Waals surface area (Å²) >= 11 is 0. The van der Waals surface area contributed by atoms with Gasteiger partial charge in [-0.25, -0.2) is 13.4 Å². The summed E-state index contributed by atoms with van der Waals surface area (Å²) < 4.78 is 62.0. The lowest BCUT2D eigenvalue weighted by atomic mass is 9.87. The fourth-order valence-corrected chi connectivity index (χ4v) is 4.80. The maximum absolute atomic E-state index is 12.6. The molecule has 2 unspecified atom stereocenters. The largest absolute Gasteiger partial charge is 0.433 e. The molecule has 0 aromatic carbocycles. The van der Waals surface area contributed by atoms with Crippen LogP contribution in [-0.2, 0) is 22.6 Å². The highest BCUT2D eigenvalue weighted by atomic mass is 32.2. The molecule has 2 atom stereocenters. The van der Waals surface area contributed by atoms with Gasteiger partial charge >= 0.3 is 6.18 Å². The Bertz CT molecular complexity index is 967. The zero-order valence-electron chi connectivity index (χ0n) is 15.1. The average molecular weight is 412 g/mol. The van der Waals surface area contributed by atoms with Crippen molar-refractivity contribution in [3.8, 4) is 0 Å². The van der Waals surface area contributed by atoms with E-state index in [1.165, 1.54) is 18.5 Å². The third-order valence-electron chi connectivity index (χ3n) is 5.19. The van der Waals surface area contributed by atoms with E-state index in [2.05, 4.69) is 19.8 Å². The molecule has 6 nitrogen and oxygen atoms in total. The topological polar surface area (TPSA) is 66.4 Å². The van der Waals surface area contributed by atoms with Gasteiger partial charge in [0.2, 0.25) is 0 Å². The van der Waals surface area contributed by atoms with E-state index in [1.807, 2.05) is 0 Å². The summed E-state index contributed by atoms with van der Waals surface area (Å²) in [6, 6.07) is 5.90. The van der Waals surface area contributed by atoms with E-state index in [0.29, 0.717) is 25.5 Å². The Hall–Kier alpha value is -2.20. The zero-order valence-corrected chi connectivity index (χ0v) is 15.9. The second kappa shape index (κ2) is 6.70. The van der Waals surface area contributed by atoms with E-state index in [9.17, 15) is 21.6 Å². The van der Waals surface area contributed by atoms with Crippen LogP contribution in [0.2, 0.25) is 0 Å². The van der Waals surface area contributed by atoms with Crippen LogP contribution in [0.4, 0.5) is 19.0 Å². The first kappa shape index (κ1) is 19.1. The summed E-state index contributed by atoms with van der Waals surface area (Å²) in [6.45, 7) is 1.89. The first-order valence-electron chi connectivity index (χ1n) is 8.81. The van der Waals surface area contributed by atoms with Gasteiger partial charge in [0.15, 0.2) is 9.84 Å². The van der Waals surface area contributed by atoms with Gasteiger partial charge in [-0.05, 0) is 30.2 Å². The molecule has 3 fully saturated rings. The van der Waals surface area contributed by atoms with E-state index in [4.69, 9.17) is 0 Å². The summed E-state index contributed by atoms with van der Waals surface area (Å²) in [5, 5.41) is 0. The minimum Gasteiger partial charge on any atom is -0.347 e. The van der Waals surface area contributed by atoms with Crippen LogP contribution in [0.1, 0.15) is 17.7 Å². The summed E-state index contributed by atoms with van der Waals surface area (Å²) in [5.41, 5.74) is -0.178. The van der Waals surface area contributed by atoms with Crippen LogP contribution < -0.4 is 4.90 Å². The van der Waals surface area contributed by atoms with Gasteiger partial charge in [-0.15, -0.1) is 0 Å². The van der Waals surface area contributed by atoms with Crippen LogP contribution in [-0.4, -0.2) is 54.7 Å². The van der Waals surface area contributed by atoms with Gasteiger partial charge in [0.25, 0.3) is 0 Å². The summed E-state index contributed by atoms with van der Waals surface area (Å²) in [7, 11) is -3.38. The third-order valence-corrected chi connectivity index (χ3v) is 6.30. The molecule has 5 rings (SSSR count). The van der Waals surface area contributed by atoms with Crippen LogP contribution >= 0.6 is 0 Å². The monoisotopic (exact) mass is 412 g/mol. The molecule has 28 heavy (non-hydrogen) atoms. The molecule has 0 spiro atoms. The van der Waals surface area contributed by atoms with Crippen molar-refractivity contribution < 1.29 is 21.6 Å². The Morgan fingerprint density at radius 3 is 2.43 bits per heavy atom. The number of halogens is 3. The van der Waals surface area contributed by atoms with Crippen LogP contribution in [0, 0.1) is 0 Å². The fourth-order valence-electron chi connectivity index (χ4n) is 3.98. The number of aromatic nitrogens is 2. The Labute approximate surface area is 160 Å². The van der Waals surface area contributed by atoms with Gasteiger partial charge in [0, 0.05) is 50.4 Å². The molecule has 2 bridgehead atoms. The van der Waals surface area contributed by atoms with Crippen molar-refractivity contribution in [3.05, 3.63) is 47.9 Å². The van der Waals surface area contributed by atoms with Gasteiger partial charge in [0.05, 0.1) is 0 Å². The average Bonchev–Trinajstić information content (AvgIpc) is 2.61. The molecule has 3 aliphatic heterocycles. The molecule has 0 radical (unpaired) electrons. The normalized spacial score (nSPS) is 22.8. The molecular formula is C18H19F3N4O2S. The lowest BCUT2D eigenvalue weighted by Crippen LogP contribution is -2.69. The predicted molar refractivity (Wildman–Crippen MR) is 96.5 cm³/mol. The number of anilines is 1. The molecule has 5 heterocycles.